The van der Waals surface area contributed by atoms with Crippen molar-refractivity contribution < 1.29 is 9.59 Å². The van der Waals surface area contributed by atoms with E-state index in [4.69, 9.17) is 0 Å². The van der Waals surface area contributed by atoms with Crippen LogP contribution >= 0.6 is 0 Å². The Morgan fingerprint density at radius 2 is 1.93 bits per heavy atom. The van der Waals surface area contributed by atoms with E-state index in [1.807, 2.05) is 25.1 Å². The van der Waals surface area contributed by atoms with Gasteiger partial charge >= 0.3 is 6.03 Å². The molecular weight excluding hydrogens is 354 g/mol. The van der Waals surface area contributed by atoms with Crippen LogP contribution in [0.2, 0.25) is 0 Å². The van der Waals surface area contributed by atoms with Crippen molar-refractivity contribution in [1.29, 1.82) is 0 Å². The molecule has 2 aromatic heterocycles. The summed E-state index contributed by atoms with van der Waals surface area (Å²) in [5, 5.41) is 3.78. The van der Waals surface area contributed by atoms with E-state index in [1.54, 1.807) is 48.3 Å². The van der Waals surface area contributed by atoms with Gasteiger partial charge in [0.05, 0.1) is 22.5 Å². The molecule has 0 unspecified atom stereocenters. The van der Waals surface area contributed by atoms with Crippen molar-refractivity contribution in [3.63, 3.8) is 0 Å². The number of amides is 3. The van der Waals surface area contributed by atoms with E-state index in [-0.39, 0.29) is 11.9 Å². The molecular formula is C21H21N5O2. The number of para-hydroxylation sites is 1. The highest BCUT2D eigenvalue weighted by molar-refractivity contribution is 6.12. The van der Waals surface area contributed by atoms with Crippen molar-refractivity contribution in [1.82, 2.24) is 14.9 Å². The Bertz CT molecular complexity index is 1100. The lowest BCUT2D eigenvalue weighted by atomic mass is 10.1. The third-order valence-corrected chi connectivity index (χ3v) is 5.04. The Labute approximate surface area is 163 Å². The maximum Gasteiger partial charge on any atom is 0.324 e. The van der Waals surface area contributed by atoms with Gasteiger partial charge in [0.25, 0.3) is 5.91 Å². The van der Waals surface area contributed by atoms with Crippen molar-refractivity contribution in [3.8, 4) is 0 Å². The molecule has 0 aliphatic carbocycles. The highest BCUT2D eigenvalue weighted by atomic mass is 16.2. The average molecular weight is 375 g/mol. The highest BCUT2D eigenvalue weighted by Crippen LogP contribution is 2.34. The first-order chi connectivity index (χ1) is 13.5. The minimum absolute atomic E-state index is 0.0315. The van der Waals surface area contributed by atoms with Crippen LogP contribution < -0.4 is 10.2 Å². The van der Waals surface area contributed by atoms with Crippen LogP contribution in [0.4, 0.5) is 16.2 Å². The van der Waals surface area contributed by atoms with Gasteiger partial charge in [-0.15, -0.1) is 0 Å². The summed E-state index contributed by atoms with van der Waals surface area (Å²) >= 11 is 0. The van der Waals surface area contributed by atoms with E-state index in [2.05, 4.69) is 15.3 Å². The lowest BCUT2D eigenvalue weighted by molar-refractivity contribution is 0.102. The molecule has 3 heterocycles. The van der Waals surface area contributed by atoms with Crippen LogP contribution in [0.5, 0.6) is 0 Å². The van der Waals surface area contributed by atoms with E-state index in [9.17, 15) is 9.59 Å². The first-order valence-electron chi connectivity index (χ1n) is 9.11. The molecule has 0 spiro atoms. The molecule has 1 fully saturated rings. The smallest absolute Gasteiger partial charge is 0.324 e. The number of carbonyl (C=O) groups is 2. The number of pyridine rings is 2. The SMILES string of the molecule is Cc1cnc2c(NC(=O)c3cccnc3C)cccc2c1N1CCN(C)C1=O. The molecule has 1 saturated heterocycles. The molecule has 0 saturated carbocycles. The van der Waals surface area contributed by atoms with Gasteiger partial charge in [0.2, 0.25) is 0 Å². The van der Waals surface area contributed by atoms with Gasteiger partial charge in [-0.1, -0.05) is 12.1 Å². The van der Waals surface area contributed by atoms with Crippen LogP contribution in [-0.4, -0.2) is 46.9 Å². The second-order valence-electron chi connectivity index (χ2n) is 6.94. The number of benzene rings is 1. The number of fused-ring (bicyclic) bond motifs is 1. The first-order valence-corrected chi connectivity index (χ1v) is 9.11. The average Bonchev–Trinajstić information content (AvgIpc) is 3.01. The number of anilines is 2. The summed E-state index contributed by atoms with van der Waals surface area (Å²) in [6.07, 6.45) is 3.40. The second-order valence-corrected chi connectivity index (χ2v) is 6.94. The maximum absolute atomic E-state index is 12.7. The molecule has 3 aromatic rings. The van der Waals surface area contributed by atoms with Crippen molar-refractivity contribution >= 4 is 34.2 Å². The minimum Gasteiger partial charge on any atom is -0.326 e. The molecule has 1 aliphatic rings. The molecule has 1 aromatic carbocycles. The Kier molecular flexibility index (Phi) is 4.43. The van der Waals surface area contributed by atoms with Crippen LogP contribution in [-0.2, 0) is 0 Å². The van der Waals surface area contributed by atoms with Gasteiger partial charge in [0.1, 0.15) is 0 Å². The zero-order valence-electron chi connectivity index (χ0n) is 16.1. The summed E-state index contributed by atoms with van der Waals surface area (Å²) in [6, 6.07) is 9.06. The van der Waals surface area contributed by atoms with E-state index in [0.717, 1.165) is 16.6 Å². The molecule has 142 valence electrons. The molecule has 0 bridgehead atoms. The standard InChI is InChI=1S/C21H21N5O2/c1-13-12-23-18-16(19(13)26-11-10-25(3)21(26)28)6-4-8-17(18)24-20(27)15-7-5-9-22-14(15)2/h4-9,12H,10-11H2,1-3H3,(H,24,27). The van der Waals surface area contributed by atoms with Crippen molar-refractivity contribution in [2.75, 3.05) is 30.4 Å². The van der Waals surface area contributed by atoms with Crippen molar-refractivity contribution in [2.24, 2.45) is 0 Å². The van der Waals surface area contributed by atoms with Crippen molar-refractivity contribution in [3.05, 3.63) is 59.5 Å². The van der Waals surface area contributed by atoms with Crippen LogP contribution in [0.1, 0.15) is 21.6 Å². The number of aryl methyl sites for hydroxylation is 2. The molecule has 0 radical (unpaired) electrons. The minimum atomic E-state index is -0.237. The van der Waals surface area contributed by atoms with Crippen LogP contribution in [0.3, 0.4) is 0 Å². The van der Waals surface area contributed by atoms with Gasteiger partial charge in [0.15, 0.2) is 0 Å². The van der Waals surface area contributed by atoms with Crippen LogP contribution in [0.15, 0.2) is 42.7 Å². The van der Waals surface area contributed by atoms with E-state index in [1.165, 1.54) is 0 Å². The van der Waals surface area contributed by atoms with Gasteiger partial charge in [-0.3, -0.25) is 19.7 Å². The third-order valence-electron chi connectivity index (χ3n) is 5.04. The fourth-order valence-electron chi connectivity index (χ4n) is 3.54. The molecule has 0 atom stereocenters. The Morgan fingerprint density at radius 3 is 2.64 bits per heavy atom. The quantitative estimate of drug-likeness (QED) is 0.761. The summed E-state index contributed by atoms with van der Waals surface area (Å²) in [5.41, 5.74) is 4.20. The molecule has 1 aliphatic heterocycles. The van der Waals surface area contributed by atoms with E-state index >= 15 is 0 Å². The maximum atomic E-state index is 12.7. The Balaban J connectivity index is 1.78. The zero-order valence-corrected chi connectivity index (χ0v) is 16.1. The summed E-state index contributed by atoms with van der Waals surface area (Å²) < 4.78 is 0. The van der Waals surface area contributed by atoms with Crippen molar-refractivity contribution in [2.45, 2.75) is 13.8 Å². The number of aromatic nitrogens is 2. The Morgan fingerprint density at radius 1 is 1.11 bits per heavy atom. The fourth-order valence-corrected chi connectivity index (χ4v) is 3.54. The van der Waals surface area contributed by atoms with Gasteiger partial charge in [-0.2, -0.15) is 0 Å². The zero-order chi connectivity index (χ0) is 19.8. The van der Waals surface area contributed by atoms with E-state index < -0.39 is 0 Å². The lowest BCUT2D eigenvalue weighted by Gasteiger charge is -2.21. The number of hydrogen-bond donors (Lipinski definition) is 1. The summed E-state index contributed by atoms with van der Waals surface area (Å²) in [5.74, 6) is -0.237. The number of likely N-dealkylation sites (N-methyl/N-ethyl adjacent to an activating group) is 1. The molecule has 4 rings (SSSR count). The fraction of sp³-hybridized carbons (Fsp3) is 0.238. The predicted molar refractivity (Wildman–Crippen MR) is 109 cm³/mol. The van der Waals surface area contributed by atoms with Gasteiger partial charge in [-0.25, -0.2) is 4.79 Å². The number of urea groups is 1. The monoisotopic (exact) mass is 375 g/mol. The predicted octanol–water partition coefficient (Wildman–Crippen LogP) is 3.37. The summed E-state index contributed by atoms with van der Waals surface area (Å²) in [6.45, 7) is 5.05. The first kappa shape index (κ1) is 17.9. The topological polar surface area (TPSA) is 78.4 Å². The molecule has 7 nitrogen and oxygen atoms in total. The largest absolute Gasteiger partial charge is 0.326 e. The molecule has 7 heteroatoms. The molecule has 28 heavy (non-hydrogen) atoms. The Hall–Kier alpha value is -3.48. The number of nitrogens with zero attached hydrogens (tertiary/aromatic N) is 4. The highest BCUT2D eigenvalue weighted by Gasteiger charge is 2.29. The molecule has 1 N–H and O–H groups in total. The number of carbonyl (C=O) groups excluding carboxylic acids is 2. The van der Waals surface area contributed by atoms with Crippen LogP contribution in [0.25, 0.3) is 10.9 Å². The number of hydrogen-bond acceptors (Lipinski definition) is 4. The third kappa shape index (κ3) is 2.94. The molecule has 3 amide bonds. The number of nitrogens with one attached hydrogen (secondary N) is 1. The second kappa shape index (κ2) is 6.92. The lowest BCUT2D eigenvalue weighted by Crippen LogP contribution is -2.30. The summed E-state index contributed by atoms with van der Waals surface area (Å²) in [7, 11) is 1.79. The van der Waals surface area contributed by atoms with Crippen LogP contribution in [0, 0.1) is 13.8 Å². The number of rotatable bonds is 3. The van der Waals surface area contributed by atoms with Gasteiger partial charge in [0, 0.05) is 43.6 Å². The summed E-state index contributed by atoms with van der Waals surface area (Å²) in [4.78, 5) is 37.5. The van der Waals surface area contributed by atoms with E-state index in [0.29, 0.717) is 35.6 Å². The van der Waals surface area contributed by atoms with Gasteiger partial charge in [-0.05, 0) is 37.6 Å². The normalized spacial score (nSPS) is 14.0. The van der Waals surface area contributed by atoms with Gasteiger partial charge < -0.3 is 10.2 Å².